The Bertz CT molecular complexity index is 526. The van der Waals surface area contributed by atoms with Crippen molar-refractivity contribution in [2.75, 3.05) is 13.6 Å². The number of carbonyl (C=O) groups is 2. The summed E-state index contributed by atoms with van der Waals surface area (Å²) in [6, 6.07) is 4.05. The smallest absolute Gasteiger partial charge is 0.328 e. The fourth-order valence-electron chi connectivity index (χ4n) is 1.68. The molecular formula is C15H18FNO3. The molecule has 1 amide bonds. The van der Waals surface area contributed by atoms with E-state index < -0.39 is 11.8 Å². The van der Waals surface area contributed by atoms with Gasteiger partial charge in [-0.3, -0.25) is 4.79 Å². The van der Waals surface area contributed by atoms with Gasteiger partial charge in [-0.25, -0.2) is 9.18 Å². The van der Waals surface area contributed by atoms with Crippen LogP contribution in [0.5, 0.6) is 0 Å². The minimum atomic E-state index is -1.11. The van der Waals surface area contributed by atoms with E-state index in [9.17, 15) is 14.0 Å². The molecule has 0 aromatic heterocycles. The van der Waals surface area contributed by atoms with Crippen LogP contribution in [0.4, 0.5) is 4.39 Å². The average molecular weight is 279 g/mol. The molecule has 0 aliphatic rings. The number of carbonyl (C=O) groups excluding carboxylic acids is 1. The zero-order chi connectivity index (χ0) is 15.1. The molecule has 0 atom stereocenters. The Labute approximate surface area is 117 Å². The van der Waals surface area contributed by atoms with Crippen molar-refractivity contribution in [2.45, 2.75) is 19.8 Å². The normalized spacial score (nSPS) is 10.8. The van der Waals surface area contributed by atoms with Crippen LogP contribution in [0.2, 0.25) is 0 Å². The molecule has 4 nitrogen and oxygen atoms in total. The number of nitrogens with zero attached hydrogens (tertiary/aromatic N) is 1. The van der Waals surface area contributed by atoms with Gasteiger partial charge in [-0.2, -0.15) is 0 Å². The molecule has 108 valence electrons. The summed E-state index contributed by atoms with van der Waals surface area (Å²) in [5.41, 5.74) is 0.397. The van der Waals surface area contributed by atoms with Gasteiger partial charge in [-0.15, -0.1) is 0 Å². The van der Waals surface area contributed by atoms with Crippen LogP contribution in [-0.4, -0.2) is 35.5 Å². The molecule has 1 aromatic rings. The van der Waals surface area contributed by atoms with E-state index in [1.807, 2.05) is 6.92 Å². The molecule has 0 aliphatic carbocycles. The lowest BCUT2D eigenvalue weighted by Gasteiger charge is -2.17. The second-order valence-corrected chi connectivity index (χ2v) is 4.49. The summed E-state index contributed by atoms with van der Waals surface area (Å²) in [6.07, 6.45) is 4.02. The third-order valence-corrected chi connectivity index (χ3v) is 2.84. The molecule has 0 heterocycles. The van der Waals surface area contributed by atoms with Gasteiger partial charge < -0.3 is 10.0 Å². The molecule has 20 heavy (non-hydrogen) atoms. The number of carboxylic acids is 1. The zero-order valence-electron chi connectivity index (χ0n) is 11.6. The lowest BCUT2D eigenvalue weighted by atomic mass is 10.1. The Kier molecular flexibility index (Phi) is 5.90. The Hall–Kier alpha value is -2.17. The second-order valence-electron chi connectivity index (χ2n) is 4.49. The van der Waals surface area contributed by atoms with Crippen molar-refractivity contribution in [3.05, 3.63) is 41.2 Å². The van der Waals surface area contributed by atoms with Crippen LogP contribution in [0.1, 0.15) is 35.7 Å². The minimum Gasteiger partial charge on any atom is -0.478 e. The van der Waals surface area contributed by atoms with Gasteiger partial charge in [0.25, 0.3) is 5.91 Å². The molecular weight excluding hydrogens is 261 g/mol. The van der Waals surface area contributed by atoms with Crippen LogP contribution >= 0.6 is 0 Å². The molecule has 1 aromatic carbocycles. The minimum absolute atomic E-state index is 0.00363. The first-order chi connectivity index (χ1) is 9.45. The van der Waals surface area contributed by atoms with E-state index in [2.05, 4.69) is 0 Å². The Morgan fingerprint density at radius 2 is 2.10 bits per heavy atom. The second kappa shape index (κ2) is 7.43. The highest BCUT2D eigenvalue weighted by Gasteiger charge is 2.15. The maximum absolute atomic E-state index is 13.9. The maximum atomic E-state index is 13.9. The van der Waals surface area contributed by atoms with Crippen molar-refractivity contribution in [1.82, 2.24) is 4.90 Å². The Morgan fingerprint density at radius 3 is 2.65 bits per heavy atom. The van der Waals surface area contributed by atoms with Crippen molar-refractivity contribution in [2.24, 2.45) is 0 Å². The molecule has 0 saturated heterocycles. The Balaban J connectivity index is 2.87. The number of hydrogen-bond donors (Lipinski definition) is 1. The molecule has 0 spiro atoms. The molecule has 5 heteroatoms. The molecule has 1 rings (SSSR count). The van der Waals surface area contributed by atoms with E-state index in [0.717, 1.165) is 25.0 Å². The van der Waals surface area contributed by atoms with Gasteiger partial charge in [0.1, 0.15) is 5.82 Å². The Morgan fingerprint density at radius 1 is 1.40 bits per heavy atom. The molecule has 0 bridgehead atoms. The number of benzene rings is 1. The standard InChI is InChI=1S/C15H18FNO3/c1-3-4-9-17(2)15(20)12-7-5-11(10-13(12)16)6-8-14(18)19/h5-8,10H,3-4,9H2,1-2H3,(H,18,19). The van der Waals surface area contributed by atoms with Crippen LogP contribution in [-0.2, 0) is 4.79 Å². The predicted molar refractivity (Wildman–Crippen MR) is 74.9 cm³/mol. The van der Waals surface area contributed by atoms with Crippen LogP contribution in [0.3, 0.4) is 0 Å². The van der Waals surface area contributed by atoms with Gasteiger partial charge >= 0.3 is 5.97 Å². The summed E-state index contributed by atoms with van der Waals surface area (Å²) >= 11 is 0. The number of hydrogen-bond acceptors (Lipinski definition) is 2. The average Bonchev–Trinajstić information content (AvgIpc) is 2.41. The van der Waals surface area contributed by atoms with Crippen molar-refractivity contribution >= 4 is 18.0 Å². The summed E-state index contributed by atoms with van der Waals surface area (Å²) in [6.45, 7) is 2.60. The summed E-state index contributed by atoms with van der Waals surface area (Å²) in [4.78, 5) is 23.9. The van der Waals surface area contributed by atoms with Gasteiger partial charge in [0.15, 0.2) is 0 Å². The number of unbranched alkanes of at least 4 members (excludes halogenated alkanes) is 1. The van der Waals surface area contributed by atoms with Gasteiger partial charge in [0.2, 0.25) is 0 Å². The number of aliphatic carboxylic acids is 1. The van der Waals surface area contributed by atoms with Gasteiger partial charge in [0.05, 0.1) is 5.56 Å². The van der Waals surface area contributed by atoms with E-state index >= 15 is 0 Å². The summed E-state index contributed by atoms with van der Waals surface area (Å²) < 4.78 is 13.9. The summed E-state index contributed by atoms with van der Waals surface area (Å²) in [5, 5.41) is 8.50. The first-order valence-corrected chi connectivity index (χ1v) is 6.41. The molecule has 0 radical (unpaired) electrons. The molecule has 0 saturated carbocycles. The fourth-order valence-corrected chi connectivity index (χ4v) is 1.68. The monoisotopic (exact) mass is 279 g/mol. The fraction of sp³-hybridized carbons (Fsp3) is 0.333. The molecule has 0 fully saturated rings. The van der Waals surface area contributed by atoms with Crippen molar-refractivity contribution in [3.8, 4) is 0 Å². The highest BCUT2D eigenvalue weighted by atomic mass is 19.1. The van der Waals surface area contributed by atoms with E-state index in [4.69, 9.17) is 5.11 Å². The highest BCUT2D eigenvalue weighted by Crippen LogP contribution is 2.14. The van der Waals surface area contributed by atoms with Gasteiger partial charge in [-0.1, -0.05) is 19.4 Å². The first kappa shape index (κ1) is 15.9. The third kappa shape index (κ3) is 4.50. The lowest BCUT2D eigenvalue weighted by molar-refractivity contribution is -0.131. The van der Waals surface area contributed by atoms with Crippen molar-refractivity contribution in [3.63, 3.8) is 0 Å². The van der Waals surface area contributed by atoms with Crippen molar-refractivity contribution in [1.29, 1.82) is 0 Å². The van der Waals surface area contributed by atoms with Crippen molar-refractivity contribution < 1.29 is 19.1 Å². The predicted octanol–water partition coefficient (Wildman–Crippen LogP) is 2.80. The number of amides is 1. The quantitative estimate of drug-likeness (QED) is 0.815. The van der Waals surface area contributed by atoms with Crippen LogP contribution < -0.4 is 0 Å². The number of halogens is 1. The van der Waals surface area contributed by atoms with Gasteiger partial charge in [0, 0.05) is 19.7 Å². The lowest BCUT2D eigenvalue weighted by Crippen LogP contribution is -2.28. The van der Waals surface area contributed by atoms with Crippen LogP contribution in [0.25, 0.3) is 6.08 Å². The summed E-state index contributed by atoms with van der Waals surface area (Å²) in [7, 11) is 1.63. The van der Waals surface area contributed by atoms with Crippen LogP contribution in [0, 0.1) is 5.82 Å². The first-order valence-electron chi connectivity index (χ1n) is 6.41. The van der Waals surface area contributed by atoms with E-state index in [1.165, 1.54) is 23.1 Å². The van der Waals surface area contributed by atoms with E-state index in [0.29, 0.717) is 12.1 Å². The number of carboxylic acid groups (broad SMARTS) is 1. The zero-order valence-corrected chi connectivity index (χ0v) is 11.6. The third-order valence-electron chi connectivity index (χ3n) is 2.84. The maximum Gasteiger partial charge on any atom is 0.328 e. The number of rotatable bonds is 6. The molecule has 0 unspecified atom stereocenters. The summed E-state index contributed by atoms with van der Waals surface area (Å²) in [5.74, 6) is -2.12. The molecule has 1 N–H and O–H groups in total. The van der Waals surface area contributed by atoms with E-state index in [1.54, 1.807) is 7.05 Å². The largest absolute Gasteiger partial charge is 0.478 e. The van der Waals surface area contributed by atoms with Crippen LogP contribution in [0.15, 0.2) is 24.3 Å². The molecule has 0 aliphatic heterocycles. The van der Waals surface area contributed by atoms with E-state index in [-0.39, 0.29) is 11.5 Å². The highest BCUT2D eigenvalue weighted by molar-refractivity contribution is 5.94. The SMILES string of the molecule is CCCCN(C)C(=O)c1ccc(C=CC(=O)O)cc1F. The van der Waals surface area contributed by atoms with Gasteiger partial charge in [-0.05, 0) is 30.2 Å². The topological polar surface area (TPSA) is 57.6 Å².